The summed E-state index contributed by atoms with van der Waals surface area (Å²) in [6.07, 6.45) is 2.91. The lowest BCUT2D eigenvalue weighted by Gasteiger charge is -2.11. The first-order chi connectivity index (χ1) is 12.0. The number of hydrogen-bond acceptors (Lipinski definition) is 3. The first-order valence-electron chi connectivity index (χ1n) is 7.26. The molecule has 0 fully saturated rings. The molecule has 3 rings (SSSR count). The van der Waals surface area contributed by atoms with E-state index < -0.39 is 11.7 Å². The number of aromatic nitrogens is 1. The van der Waals surface area contributed by atoms with Gasteiger partial charge in [-0.15, -0.1) is 0 Å². The van der Waals surface area contributed by atoms with Crippen LogP contribution in [0.15, 0.2) is 60.9 Å². The van der Waals surface area contributed by atoms with Crippen LogP contribution in [0.2, 0.25) is 10.0 Å². The Labute approximate surface area is 153 Å². The molecule has 0 unspecified atom stereocenters. The predicted octanol–water partition coefficient (Wildman–Crippen LogP) is 5.52. The Morgan fingerprint density at radius 1 is 1.00 bits per heavy atom. The summed E-state index contributed by atoms with van der Waals surface area (Å²) in [5.41, 5.74) is 1.40. The molecule has 0 saturated heterocycles. The van der Waals surface area contributed by atoms with Gasteiger partial charge in [-0.3, -0.25) is 9.78 Å². The molecule has 2 N–H and O–H groups in total. The second-order valence-electron chi connectivity index (χ2n) is 5.12. The van der Waals surface area contributed by atoms with Crippen LogP contribution in [0.25, 0.3) is 0 Å². The number of halogens is 3. The summed E-state index contributed by atoms with van der Waals surface area (Å²) in [6, 6.07) is 12.6. The minimum atomic E-state index is -0.513. The molecule has 1 aromatic heterocycles. The summed E-state index contributed by atoms with van der Waals surface area (Å²) < 4.78 is 13.6. The molecule has 1 amide bonds. The number of anilines is 3. The number of para-hydroxylation sites is 2. The third kappa shape index (κ3) is 4.07. The Balaban J connectivity index is 1.82. The molecule has 0 aliphatic carbocycles. The lowest BCUT2D eigenvalue weighted by molar-refractivity contribution is 0.102. The molecule has 0 aliphatic rings. The van der Waals surface area contributed by atoms with Crippen molar-refractivity contribution in [3.05, 3.63) is 82.4 Å². The normalized spacial score (nSPS) is 10.4. The molecule has 0 bridgehead atoms. The molecule has 0 aliphatic heterocycles. The average molecular weight is 376 g/mol. The highest BCUT2D eigenvalue weighted by molar-refractivity contribution is 6.39. The van der Waals surface area contributed by atoms with Gasteiger partial charge in [0.05, 0.1) is 38.9 Å². The highest BCUT2D eigenvalue weighted by Gasteiger charge is 2.11. The van der Waals surface area contributed by atoms with E-state index in [2.05, 4.69) is 15.6 Å². The van der Waals surface area contributed by atoms with Gasteiger partial charge in [0.1, 0.15) is 5.82 Å². The lowest BCUT2D eigenvalue weighted by atomic mass is 10.2. The van der Waals surface area contributed by atoms with Crippen molar-refractivity contribution in [1.82, 2.24) is 4.98 Å². The second kappa shape index (κ2) is 7.51. The van der Waals surface area contributed by atoms with E-state index >= 15 is 0 Å². The van der Waals surface area contributed by atoms with Crippen molar-refractivity contribution in [3.8, 4) is 0 Å². The minimum absolute atomic E-state index is 0.0972. The maximum atomic E-state index is 13.6. The fourth-order valence-corrected chi connectivity index (χ4v) is 2.64. The van der Waals surface area contributed by atoms with E-state index in [1.165, 1.54) is 24.5 Å². The number of hydrogen-bond donors (Lipinski definition) is 2. The SMILES string of the molecule is O=C(Nc1ccccc1F)c1cncc(Nc2c(Cl)cccc2Cl)c1. The number of carbonyl (C=O) groups excluding carboxylic acids is 1. The zero-order chi connectivity index (χ0) is 17.8. The summed E-state index contributed by atoms with van der Waals surface area (Å²) in [5, 5.41) is 6.41. The van der Waals surface area contributed by atoms with Gasteiger partial charge in [-0.25, -0.2) is 4.39 Å². The first kappa shape index (κ1) is 17.2. The quantitative estimate of drug-likeness (QED) is 0.630. The van der Waals surface area contributed by atoms with Gasteiger partial charge in [-0.2, -0.15) is 0 Å². The van der Waals surface area contributed by atoms with Crippen LogP contribution in [0.3, 0.4) is 0 Å². The smallest absolute Gasteiger partial charge is 0.257 e. The Bertz CT molecular complexity index is 913. The van der Waals surface area contributed by atoms with E-state index in [0.29, 0.717) is 21.4 Å². The van der Waals surface area contributed by atoms with Crippen molar-refractivity contribution in [2.45, 2.75) is 0 Å². The van der Waals surface area contributed by atoms with Crippen LogP contribution in [0, 0.1) is 5.82 Å². The third-order valence-electron chi connectivity index (χ3n) is 3.35. The maximum Gasteiger partial charge on any atom is 0.257 e. The average Bonchev–Trinajstić information content (AvgIpc) is 2.60. The minimum Gasteiger partial charge on any atom is -0.352 e. The summed E-state index contributed by atoms with van der Waals surface area (Å²) in [4.78, 5) is 16.3. The van der Waals surface area contributed by atoms with Crippen LogP contribution >= 0.6 is 23.2 Å². The molecule has 7 heteroatoms. The molecule has 0 atom stereocenters. The van der Waals surface area contributed by atoms with E-state index in [-0.39, 0.29) is 11.3 Å². The number of nitrogens with one attached hydrogen (secondary N) is 2. The van der Waals surface area contributed by atoms with Crippen molar-refractivity contribution >= 4 is 46.2 Å². The summed E-state index contributed by atoms with van der Waals surface area (Å²) in [5.74, 6) is -0.993. The van der Waals surface area contributed by atoms with Crippen molar-refractivity contribution in [2.24, 2.45) is 0 Å². The Kier molecular flexibility index (Phi) is 5.16. The number of rotatable bonds is 4. The molecule has 2 aromatic carbocycles. The molecule has 4 nitrogen and oxygen atoms in total. The summed E-state index contributed by atoms with van der Waals surface area (Å²) in [7, 11) is 0. The maximum absolute atomic E-state index is 13.6. The zero-order valence-corrected chi connectivity index (χ0v) is 14.3. The van der Waals surface area contributed by atoms with E-state index in [9.17, 15) is 9.18 Å². The molecule has 0 radical (unpaired) electrons. The number of carbonyl (C=O) groups is 1. The molecule has 1 heterocycles. The number of benzene rings is 2. The monoisotopic (exact) mass is 375 g/mol. The number of amides is 1. The van der Waals surface area contributed by atoms with Crippen molar-refractivity contribution < 1.29 is 9.18 Å². The van der Waals surface area contributed by atoms with Crippen LogP contribution in [-0.2, 0) is 0 Å². The molecule has 0 spiro atoms. The summed E-state index contributed by atoms with van der Waals surface area (Å²) in [6.45, 7) is 0. The molecular formula is C18H12Cl2FN3O. The van der Waals surface area contributed by atoms with Crippen LogP contribution in [-0.4, -0.2) is 10.9 Å². The van der Waals surface area contributed by atoms with Crippen molar-refractivity contribution in [2.75, 3.05) is 10.6 Å². The Morgan fingerprint density at radius 3 is 2.44 bits per heavy atom. The van der Waals surface area contributed by atoms with Gasteiger partial charge in [0.15, 0.2) is 0 Å². The van der Waals surface area contributed by atoms with Gasteiger partial charge in [-0.1, -0.05) is 41.4 Å². The van der Waals surface area contributed by atoms with Gasteiger partial charge in [0.25, 0.3) is 5.91 Å². The fourth-order valence-electron chi connectivity index (χ4n) is 2.15. The number of nitrogens with zero attached hydrogens (tertiary/aromatic N) is 1. The van der Waals surface area contributed by atoms with Crippen molar-refractivity contribution in [3.63, 3.8) is 0 Å². The topological polar surface area (TPSA) is 54.0 Å². The molecular weight excluding hydrogens is 364 g/mol. The fraction of sp³-hybridized carbons (Fsp3) is 0. The van der Waals surface area contributed by atoms with Crippen LogP contribution in [0.1, 0.15) is 10.4 Å². The van der Waals surface area contributed by atoms with Gasteiger partial charge in [0.2, 0.25) is 0 Å². The lowest BCUT2D eigenvalue weighted by Crippen LogP contribution is -2.13. The van der Waals surface area contributed by atoms with Gasteiger partial charge >= 0.3 is 0 Å². The molecule has 3 aromatic rings. The highest BCUT2D eigenvalue weighted by atomic mass is 35.5. The van der Waals surface area contributed by atoms with E-state index in [4.69, 9.17) is 23.2 Å². The third-order valence-corrected chi connectivity index (χ3v) is 3.98. The first-order valence-corrected chi connectivity index (χ1v) is 8.02. The summed E-state index contributed by atoms with van der Waals surface area (Å²) >= 11 is 12.2. The van der Waals surface area contributed by atoms with Gasteiger partial charge < -0.3 is 10.6 Å². The predicted molar refractivity (Wildman–Crippen MR) is 98.3 cm³/mol. The second-order valence-corrected chi connectivity index (χ2v) is 5.93. The van der Waals surface area contributed by atoms with Gasteiger partial charge in [-0.05, 0) is 30.3 Å². The Morgan fingerprint density at radius 2 is 1.72 bits per heavy atom. The van der Waals surface area contributed by atoms with Crippen LogP contribution < -0.4 is 10.6 Å². The van der Waals surface area contributed by atoms with Crippen LogP contribution in [0.4, 0.5) is 21.5 Å². The molecule has 25 heavy (non-hydrogen) atoms. The number of pyridine rings is 1. The van der Waals surface area contributed by atoms with Crippen molar-refractivity contribution in [1.29, 1.82) is 0 Å². The van der Waals surface area contributed by atoms with Crippen LogP contribution in [0.5, 0.6) is 0 Å². The largest absolute Gasteiger partial charge is 0.352 e. The van der Waals surface area contributed by atoms with E-state index in [1.807, 2.05) is 0 Å². The van der Waals surface area contributed by atoms with Gasteiger partial charge in [0, 0.05) is 6.20 Å². The zero-order valence-electron chi connectivity index (χ0n) is 12.8. The van der Waals surface area contributed by atoms with E-state index in [0.717, 1.165) is 0 Å². The molecule has 126 valence electrons. The van der Waals surface area contributed by atoms with E-state index in [1.54, 1.807) is 36.4 Å². The Hall–Kier alpha value is -2.63. The highest BCUT2D eigenvalue weighted by Crippen LogP contribution is 2.32. The standard InChI is InChI=1S/C18H12Cl2FN3O/c19-13-4-3-5-14(20)17(13)23-12-8-11(9-22-10-12)18(25)24-16-7-2-1-6-15(16)21/h1-10,23H,(H,24,25). The molecule has 0 saturated carbocycles.